The number of carbonyl (C=O) groups is 1. The van der Waals surface area contributed by atoms with Crippen molar-refractivity contribution >= 4 is 11.8 Å². The van der Waals surface area contributed by atoms with Gasteiger partial charge in [-0.1, -0.05) is 30.3 Å². The van der Waals surface area contributed by atoms with Gasteiger partial charge in [-0.15, -0.1) is 0 Å². The van der Waals surface area contributed by atoms with E-state index in [0.29, 0.717) is 19.7 Å². The van der Waals surface area contributed by atoms with Gasteiger partial charge in [0.1, 0.15) is 6.61 Å². The molecule has 1 aromatic heterocycles. The van der Waals surface area contributed by atoms with Gasteiger partial charge < -0.3 is 9.64 Å². The molecular weight excluding hydrogens is 292 g/mol. The second kappa shape index (κ2) is 6.32. The number of benzene rings is 1. The molecule has 0 saturated carbocycles. The standard InChI is InChI=1S/C17H22N4O2/c1-13-16-15(19(2)3)11-18-21(16)10-9-20(13)17(22)23-12-14-7-5-4-6-8-14/h4-8,11,13H,9-10,12H2,1-3H3. The minimum absolute atomic E-state index is 0.0630. The fourth-order valence-electron chi connectivity index (χ4n) is 2.93. The van der Waals surface area contributed by atoms with E-state index >= 15 is 0 Å². The average molecular weight is 314 g/mol. The van der Waals surface area contributed by atoms with Crippen LogP contribution < -0.4 is 4.90 Å². The Balaban J connectivity index is 1.71. The van der Waals surface area contributed by atoms with Crippen LogP contribution in [-0.4, -0.2) is 41.4 Å². The van der Waals surface area contributed by atoms with Crippen LogP contribution in [0.25, 0.3) is 0 Å². The first kappa shape index (κ1) is 15.4. The number of fused-ring (bicyclic) bond motifs is 1. The van der Waals surface area contributed by atoms with Gasteiger partial charge in [-0.05, 0) is 12.5 Å². The van der Waals surface area contributed by atoms with Crippen LogP contribution in [0.5, 0.6) is 0 Å². The average Bonchev–Trinajstić information content (AvgIpc) is 2.99. The van der Waals surface area contributed by atoms with Crippen LogP contribution >= 0.6 is 0 Å². The van der Waals surface area contributed by atoms with E-state index in [1.807, 2.05) is 67.1 Å². The Morgan fingerprint density at radius 3 is 2.74 bits per heavy atom. The SMILES string of the molecule is CC1c2c(N(C)C)cnn2CCN1C(=O)OCc1ccccc1. The van der Waals surface area contributed by atoms with Crippen LogP contribution in [0, 0.1) is 0 Å². The second-order valence-corrected chi connectivity index (χ2v) is 5.94. The van der Waals surface area contributed by atoms with Gasteiger partial charge in [-0.3, -0.25) is 9.58 Å². The summed E-state index contributed by atoms with van der Waals surface area (Å²) < 4.78 is 7.45. The molecule has 1 atom stereocenters. The molecule has 0 radical (unpaired) electrons. The van der Waals surface area contributed by atoms with Crippen molar-refractivity contribution in [3.63, 3.8) is 0 Å². The highest BCUT2D eigenvalue weighted by molar-refractivity contribution is 5.69. The largest absolute Gasteiger partial charge is 0.445 e. The summed E-state index contributed by atoms with van der Waals surface area (Å²) in [7, 11) is 3.97. The summed E-state index contributed by atoms with van der Waals surface area (Å²) >= 11 is 0. The van der Waals surface area contributed by atoms with Crippen LogP contribution in [0.15, 0.2) is 36.5 Å². The summed E-state index contributed by atoms with van der Waals surface area (Å²) in [4.78, 5) is 16.2. The van der Waals surface area contributed by atoms with Crippen molar-refractivity contribution in [2.24, 2.45) is 0 Å². The number of carbonyl (C=O) groups excluding carboxylic acids is 1. The number of ether oxygens (including phenoxy) is 1. The number of amides is 1. The molecule has 23 heavy (non-hydrogen) atoms. The van der Waals surface area contributed by atoms with Crippen molar-refractivity contribution in [1.82, 2.24) is 14.7 Å². The lowest BCUT2D eigenvalue weighted by Gasteiger charge is -2.34. The summed E-state index contributed by atoms with van der Waals surface area (Å²) in [5.74, 6) is 0. The summed E-state index contributed by atoms with van der Waals surface area (Å²) in [6.45, 7) is 3.61. The van der Waals surface area contributed by atoms with Crippen LogP contribution in [0.4, 0.5) is 10.5 Å². The first-order valence-electron chi connectivity index (χ1n) is 7.78. The minimum Gasteiger partial charge on any atom is -0.445 e. The predicted octanol–water partition coefficient (Wildman–Crippen LogP) is 2.66. The third kappa shape index (κ3) is 3.02. The lowest BCUT2D eigenvalue weighted by atomic mass is 10.1. The van der Waals surface area contributed by atoms with Gasteiger partial charge >= 0.3 is 6.09 Å². The zero-order chi connectivity index (χ0) is 16.4. The summed E-state index contributed by atoms with van der Waals surface area (Å²) in [5, 5.41) is 4.41. The summed E-state index contributed by atoms with van der Waals surface area (Å²) in [6, 6.07) is 9.66. The number of hydrogen-bond donors (Lipinski definition) is 0. The predicted molar refractivity (Wildman–Crippen MR) is 88.3 cm³/mol. The number of nitrogens with zero attached hydrogens (tertiary/aromatic N) is 4. The van der Waals surface area contributed by atoms with Crippen molar-refractivity contribution in [2.45, 2.75) is 26.1 Å². The van der Waals surface area contributed by atoms with E-state index in [4.69, 9.17) is 4.74 Å². The fraction of sp³-hybridized carbons (Fsp3) is 0.412. The Labute approximate surface area is 136 Å². The maximum Gasteiger partial charge on any atom is 0.410 e. The molecule has 1 aliphatic rings. The Kier molecular flexibility index (Phi) is 4.23. The Morgan fingerprint density at radius 2 is 2.04 bits per heavy atom. The van der Waals surface area contributed by atoms with E-state index in [9.17, 15) is 4.79 Å². The van der Waals surface area contributed by atoms with E-state index in [1.54, 1.807) is 4.90 Å². The molecule has 1 aromatic carbocycles. The highest BCUT2D eigenvalue weighted by Gasteiger charge is 2.32. The molecule has 0 aliphatic carbocycles. The molecule has 0 fully saturated rings. The van der Waals surface area contributed by atoms with E-state index in [-0.39, 0.29) is 12.1 Å². The molecular formula is C17H22N4O2. The van der Waals surface area contributed by atoms with Crippen molar-refractivity contribution in [2.75, 3.05) is 25.5 Å². The molecule has 1 amide bonds. The van der Waals surface area contributed by atoms with Crippen LogP contribution in [0.1, 0.15) is 24.2 Å². The van der Waals surface area contributed by atoms with Gasteiger partial charge in [-0.2, -0.15) is 5.10 Å². The Bertz CT molecular complexity index is 681. The topological polar surface area (TPSA) is 50.6 Å². The molecule has 122 valence electrons. The molecule has 1 aliphatic heterocycles. The van der Waals surface area contributed by atoms with Crippen molar-refractivity contribution in [3.8, 4) is 0 Å². The molecule has 6 nitrogen and oxygen atoms in total. The molecule has 0 bridgehead atoms. The Hall–Kier alpha value is -2.50. The van der Waals surface area contributed by atoms with E-state index in [0.717, 1.165) is 16.9 Å². The zero-order valence-electron chi connectivity index (χ0n) is 13.8. The molecule has 3 rings (SSSR count). The van der Waals surface area contributed by atoms with Gasteiger partial charge in [0.05, 0.1) is 30.2 Å². The van der Waals surface area contributed by atoms with Gasteiger partial charge in [0, 0.05) is 20.6 Å². The van der Waals surface area contributed by atoms with Crippen LogP contribution in [0.3, 0.4) is 0 Å². The maximum absolute atomic E-state index is 12.5. The van der Waals surface area contributed by atoms with Crippen molar-refractivity contribution in [3.05, 3.63) is 47.8 Å². The normalized spacial score (nSPS) is 16.8. The maximum atomic E-state index is 12.5. The highest BCUT2D eigenvalue weighted by Crippen LogP contribution is 2.32. The molecule has 0 saturated heterocycles. The minimum atomic E-state index is -0.279. The number of rotatable bonds is 3. The van der Waals surface area contributed by atoms with Gasteiger partial charge in [0.15, 0.2) is 0 Å². The highest BCUT2D eigenvalue weighted by atomic mass is 16.6. The number of aromatic nitrogens is 2. The number of anilines is 1. The van der Waals surface area contributed by atoms with Crippen molar-refractivity contribution in [1.29, 1.82) is 0 Å². The summed E-state index contributed by atoms with van der Waals surface area (Å²) in [6.07, 6.45) is 1.57. The van der Waals surface area contributed by atoms with Crippen LogP contribution in [-0.2, 0) is 17.9 Å². The van der Waals surface area contributed by atoms with E-state index in [2.05, 4.69) is 5.10 Å². The molecule has 6 heteroatoms. The molecule has 2 aromatic rings. The first-order chi connectivity index (χ1) is 11.1. The van der Waals surface area contributed by atoms with Gasteiger partial charge in [-0.25, -0.2) is 4.79 Å². The monoisotopic (exact) mass is 314 g/mol. The van der Waals surface area contributed by atoms with E-state index in [1.165, 1.54) is 0 Å². The third-order valence-electron chi connectivity index (χ3n) is 4.20. The fourth-order valence-corrected chi connectivity index (χ4v) is 2.93. The zero-order valence-corrected chi connectivity index (χ0v) is 13.8. The van der Waals surface area contributed by atoms with E-state index < -0.39 is 0 Å². The lowest BCUT2D eigenvalue weighted by molar-refractivity contribution is 0.0725. The second-order valence-electron chi connectivity index (χ2n) is 5.94. The van der Waals surface area contributed by atoms with Gasteiger partial charge in [0.2, 0.25) is 0 Å². The number of hydrogen-bond acceptors (Lipinski definition) is 4. The molecule has 0 spiro atoms. The smallest absolute Gasteiger partial charge is 0.410 e. The van der Waals surface area contributed by atoms with Crippen molar-refractivity contribution < 1.29 is 9.53 Å². The molecule has 1 unspecified atom stereocenters. The quantitative estimate of drug-likeness (QED) is 0.874. The third-order valence-corrected chi connectivity index (χ3v) is 4.20. The Morgan fingerprint density at radius 1 is 1.30 bits per heavy atom. The lowest BCUT2D eigenvalue weighted by Crippen LogP contribution is -2.41. The molecule has 0 N–H and O–H groups in total. The van der Waals surface area contributed by atoms with Crippen LogP contribution in [0.2, 0.25) is 0 Å². The van der Waals surface area contributed by atoms with Gasteiger partial charge in [0.25, 0.3) is 0 Å². The first-order valence-corrected chi connectivity index (χ1v) is 7.78. The summed E-state index contributed by atoms with van der Waals surface area (Å²) in [5.41, 5.74) is 3.08. The molecule has 2 heterocycles.